The first kappa shape index (κ1) is 27.9. The summed E-state index contributed by atoms with van der Waals surface area (Å²) in [5, 5.41) is 3.61. The van der Waals surface area contributed by atoms with Gasteiger partial charge in [0.15, 0.2) is 0 Å². The molecular formula is C30H32ClNO5. The third-order valence-corrected chi connectivity index (χ3v) is 5.94. The Bertz CT molecular complexity index is 1160. The largest absolute Gasteiger partial charge is 0.466 e. The Balaban J connectivity index is 1.61. The Labute approximate surface area is 222 Å². The second-order valence-corrected chi connectivity index (χ2v) is 9.12. The van der Waals surface area contributed by atoms with Gasteiger partial charge in [0.2, 0.25) is 5.91 Å². The minimum Gasteiger partial charge on any atom is -0.466 e. The normalized spacial score (nSPS) is 11.4. The molecule has 0 aliphatic heterocycles. The zero-order valence-corrected chi connectivity index (χ0v) is 21.7. The summed E-state index contributed by atoms with van der Waals surface area (Å²) >= 11 is 6.12. The van der Waals surface area contributed by atoms with Crippen LogP contribution in [-0.4, -0.2) is 30.5 Å². The fourth-order valence-electron chi connectivity index (χ4n) is 3.88. The van der Waals surface area contributed by atoms with E-state index in [1.807, 2.05) is 78.9 Å². The zero-order valence-electron chi connectivity index (χ0n) is 21.0. The van der Waals surface area contributed by atoms with Crippen LogP contribution in [-0.2, 0) is 36.9 Å². The molecule has 0 bridgehead atoms. The average molecular weight is 522 g/mol. The quantitative estimate of drug-likeness (QED) is 0.283. The van der Waals surface area contributed by atoms with Crippen molar-refractivity contribution >= 4 is 29.4 Å². The Hall–Kier alpha value is -3.64. The van der Waals surface area contributed by atoms with E-state index in [0.717, 1.165) is 22.3 Å². The summed E-state index contributed by atoms with van der Waals surface area (Å²) in [7, 11) is 0. The number of benzene rings is 3. The van der Waals surface area contributed by atoms with Crippen LogP contribution in [0, 0.1) is 0 Å². The summed E-state index contributed by atoms with van der Waals surface area (Å²) in [6.07, 6.45) is 1.22. The molecule has 0 spiro atoms. The molecule has 1 amide bonds. The van der Waals surface area contributed by atoms with Crippen LogP contribution in [0.25, 0.3) is 11.1 Å². The Kier molecular flexibility index (Phi) is 11.2. The van der Waals surface area contributed by atoms with Crippen LogP contribution in [0.3, 0.4) is 0 Å². The molecule has 0 aliphatic carbocycles. The Morgan fingerprint density at radius 2 is 1.57 bits per heavy atom. The summed E-state index contributed by atoms with van der Waals surface area (Å²) in [6.45, 7) is 2.23. The maximum absolute atomic E-state index is 12.6. The number of carbonyl (C=O) groups is 3. The van der Waals surface area contributed by atoms with Crippen molar-refractivity contribution in [2.75, 3.05) is 6.61 Å². The van der Waals surface area contributed by atoms with Gasteiger partial charge in [-0.25, -0.2) is 0 Å². The predicted molar refractivity (Wildman–Crippen MR) is 144 cm³/mol. The number of halogens is 1. The smallest absolute Gasteiger partial charge is 0.308 e. The highest BCUT2D eigenvalue weighted by Gasteiger charge is 2.19. The maximum atomic E-state index is 12.6. The highest BCUT2D eigenvalue weighted by molar-refractivity contribution is 6.30. The van der Waals surface area contributed by atoms with Crippen LogP contribution in [0.15, 0.2) is 78.9 Å². The lowest BCUT2D eigenvalue weighted by Crippen LogP contribution is -2.38. The number of amides is 1. The van der Waals surface area contributed by atoms with Gasteiger partial charge in [0.25, 0.3) is 0 Å². The van der Waals surface area contributed by atoms with Gasteiger partial charge >= 0.3 is 11.9 Å². The van der Waals surface area contributed by atoms with E-state index in [9.17, 15) is 14.4 Å². The first-order chi connectivity index (χ1) is 17.9. The lowest BCUT2D eigenvalue weighted by atomic mass is 9.99. The van der Waals surface area contributed by atoms with Crippen molar-refractivity contribution in [2.45, 2.75) is 51.7 Å². The monoisotopic (exact) mass is 521 g/mol. The third kappa shape index (κ3) is 10.1. The van der Waals surface area contributed by atoms with E-state index >= 15 is 0 Å². The van der Waals surface area contributed by atoms with Gasteiger partial charge in [-0.1, -0.05) is 78.3 Å². The summed E-state index contributed by atoms with van der Waals surface area (Å²) < 4.78 is 10.4. The van der Waals surface area contributed by atoms with Gasteiger partial charge < -0.3 is 14.8 Å². The molecule has 0 radical (unpaired) electrons. The number of nitrogens with one attached hydrogen (secondary N) is 1. The van der Waals surface area contributed by atoms with Gasteiger partial charge in [-0.2, -0.15) is 0 Å². The lowest BCUT2D eigenvalue weighted by molar-refractivity contribution is -0.145. The van der Waals surface area contributed by atoms with Crippen LogP contribution in [0.5, 0.6) is 0 Å². The molecule has 6 nitrogen and oxygen atoms in total. The van der Waals surface area contributed by atoms with Gasteiger partial charge in [-0.05, 0) is 54.2 Å². The highest BCUT2D eigenvalue weighted by atomic mass is 35.5. The van der Waals surface area contributed by atoms with E-state index in [1.165, 1.54) is 0 Å². The van der Waals surface area contributed by atoms with Gasteiger partial charge in [-0.3, -0.25) is 14.4 Å². The molecule has 1 N–H and O–H groups in total. The molecule has 0 saturated carbocycles. The number of hydrogen-bond acceptors (Lipinski definition) is 5. The SMILES string of the molecule is CCOC(=O)CCCC(=O)NC(CC(=O)OCc1ccccc1)Cc1ccc(-c2cccc(Cl)c2)cc1. The molecule has 7 heteroatoms. The van der Waals surface area contributed by atoms with E-state index in [1.54, 1.807) is 6.92 Å². The average Bonchev–Trinajstić information content (AvgIpc) is 2.88. The summed E-state index contributed by atoms with van der Waals surface area (Å²) in [6, 6.07) is 24.6. The molecule has 1 unspecified atom stereocenters. The van der Waals surface area contributed by atoms with Crippen LogP contribution >= 0.6 is 11.6 Å². The molecule has 3 aromatic rings. The van der Waals surface area contributed by atoms with E-state index in [2.05, 4.69) is 5.32 Å². The summed E-state index contributed by atoms with van der Waals surface area (Å²) in [5.41, 5.74) is 3.90. The van der Waals surface area contributed by atoms with Crippen LogP contribution in [0.4, 0.5) is 0 Å². The van der Waals surface area contributed by atoms with Crippen molar-refractivity contribution in [3.63, 3.8) is 0 Å². The molecule has 0 fully saturated rings. The minimum atomic E-state index is -0.449. The standard InChI is InChI=1S/C30H32ClNO5/c1-2-36-29(34)13-7-12-28(33)32-27(20-30(35)37-21-23-8-4-3-5-9-23)18-22-14-16-24(17-15-22)25-10-6-11-26(31)19-25/h3-6,8-11,14-17,19,27H,2,7,12-13,18,20-21H2,1H3,(H,32,33). The van der Waals surface area contributed by atoms with Crippen molar-refractivity contribution in [1.29, 1.82) is 0 Å². The molecule has 0 aliphatic rings. The van der Waals surface area contributed by atoms with Gasteiger partial charge in [-0.15, -0.1) is 0 Å². The molecule has 3 rings (SSSR count). The van der Waals surface area contributed by atoms with E-state index in [-0.39, 0.29) is 37.7 Å². The molecule has 0 saturated heterocycles. The Morgan fingerprint density at radius 1 is 0.811 bits per heavy atom. The molecule has 0 aromatic heterocycles. The van der Waals surface area contributed by atoms with Gasteiger partial charge in [0.05, 0.1) is 13.0 Å². The third-order valence-electron chi connectivity index (χ3n) is 5.70. The maximum Gasteiger partial charge on any atom is 0.308 e. The van der Waals surface area contributed by atoms with Crippen LogP contribution in [0.2, 0.25) is 5.02 Å². The molecule has 37 heavy (non-hydrogen) atoms. The zero-order chi connectivity index (χ0) is 26.5. The topological polar surface area (TPSA) is 81.7 Å². The second kappa shape index (κ2) is 14.8. The first-order valence-corrected chi connectivity index (χ1v) is 12.8. The van der Waals surface area contributed by atoms with Crippen molar-refractivity contribution < 1.29 is 23.9 Å². The van der Waals surface area contributed by atoms with E-state index < -0.39 is 12.0 Å². The fourth-order valence-corrected chi connectivity index (χ4v) is 4.07. The van der Waals surface area contributed by atoms with E-state index in [4.69, 9.17) is 21.1 Å². The number of ether oxygens (including phenoxy) is 2. The number of esters is 2. The fraction of sp³-hybridized carbons (Fsp3) is 0.300. The number of rotatable bonds is 13. The molecule has 1 atom stereocenters. The molecule has 194 valence electrons. The summed E-state index contributed by atoms with van der Waals surface area (Å²) in [5.74, 6) is -0.937. The van der Waals surface area contributed by atoms with Crippen molar-refractivity contribution in [3.05, 3.63) is 95.0 Å². The van der Waals surface area contributed by atoms with Crippen molar-refractivity contribution in [3.8, 4) is 11.1 Å². The second-order valence-electron chi connectivity index (χ2n) is 8.68. The van der Waals surface area contributed by atoms with Crippen molar-refractivity contribution in [2.24, 2.45) is 0 Å². The molecule has 0 heterocycles. The number of carbonyl (C=O) groups excluding carboxylic acids is 3. The molecule has 3 aromatic carbocycles. The van der Waals surface area contributed by atoms with E-state index in [0.29, 0.717) is 24.5 Å². The number of hydrogen-bond donors (Lipinski definition) is 1. The lowest BCUT2D eigenvalue weighted by Gasteiger charge is -2.19. The molecular weight excluding hydrogens is 490 g/mol. The van der Waals surface area contributed by atoms with Crippen LogP contribution in [0.1, 0.15) is 43.7 Å². The Morgan fingerprint density at radius 3 is 2.27 bits per heavy atom. The van der Waals surface area contributed by atoms with Crippen LogP contribution < -0.4 is 5.32 Å². The van der Waals surface area contributed by atoms with Crippen molar-refractivity contribution in [1.82, 2.24) is 5.32 Å². The predicted octanol–water partition coefficient (Wildman–Crippen LogP) is 5.90. The summed E-state index contributed by atoms with van der Waals surface area (Å²) in [4.78, 5) is 36.7. The van der Waals surface area contributed by atoms with Gasteiger partial charge in [0, 0.05) is 23.9 Å². The highest BCUT2D eigenvalue weighted by Crippen LogP contribution is 2.23. The van der Waals surface area contributed by atoms with Gasteiger partial charge in [0.1, 0.15) is 6.61 Å². The first-order valence-electron chi connectivity index (χ1n) is 12.4. The minimum absolute atomic E-state index is 0.0342.